The number of thiocarbonyl (C=S) groups is 1. The van der Waals surface area contributed by atoms with Crippen molar-refractivity contribution in [3.05, 3.63) is 0 Å². The Morgan fingerprint density at radius 2 is 2.31 bits per heavy atom. The Morgan fingerprint density at radius 3 is 2.69 bits per heavy atom. The minimum absolute atomic E-state index is 0.00116. The molecule has 1 unspecified atom stereocenters. The van der Waals surface area contributed by atoms with Gasteiger partial charge in [0.05, 0.1) is 16.8 Å². The second kappa shape index (κ2) is 7.15. The van der Waals surface area contributed by atoms with Gasteiger partial charge in [0.15, 0.2) is 0 Å². The minimum Gasteiger partial charge on any atom is -0.392 e. The summed E-state index contributed by atoms with van der Waals surface area (Å²) in [6.45, 7) is 2.03. The summed E-state index contributed by atoms with van der Waals surface area (Å²) in [7, 11) is 0. The molecule has 1 atom stereocenters. The lowest BCUT2D eigenvalue weighted by Gasteiger charge is -2.15. The number of hydrogen-bond donors (Lipinski definition) is 2. The molecule has 3 nitrogen and oxygen atoms in total. The van der Waals surface area contributed by atoms with E-state index < -0.39 is 0 Å². The maximum atomic E-state index is 11.2. The molecule has 0 aromatic rings. The highest BCUT2D eigenvalue weighted by molar-refractivity contribution is 7.99. The van der Waals surface area contributed by atoms with Gasteiger partial charge in [-0.2, -0.15) is 11.8 Å². The highest BCUT2D eigenvalue weighted by Crippen LogP contribution is 1.98. The first kappa shape index (κ1) is 12.7. The monoisotopic (exact) mass is 220 g/mol. The predicted molar refractivity (Wildman–Crippen MR) is 62.0 cm³/mol. The molecule has 0 saturated carbocycles. The van der Waals surface area contributed by atoms with Crippen LogP contribution >= 0.6 is 24.0 Å². The van der Waals surface area contributed by atoms with Gasteiger partial charge in [-0.1, -0.05) is 25.6 Å². The van der Waals surface area contributed by atoms with Crippen LogP contribution in [-0.2, 0) is 4.79 Å². The van der Waals surface area contributed by atoms with Gasteiger partial charge in [0.1, 0.15) is 0 Å². The quantitative estimate of drug-likeness (QED) is 0.654. The van der Waals surface area contributed by atoms with E-state index in [1.807, 2.05) is 13.2 Å². The number of hydrogen-bond acceptors (Lipinski definition) is 3. The molecule has 0 aromatic heterocycles. The molecular formula is C8H16N2OS2. The number of carbonyl (C=O) groups excluding carboxylic acids is 1. The number of carbonyl (C=O) groups is 1. The molecule has 0 rings (SSSR count). The number of rotatable bonds is 6. The lowest BCUT2D eigenvalue weighted by molar-refractivity contribution is -0.118. The second-order valence-electron chi connectivity index (χ2n) is 2.74. The Morgan fingerprint density at radius 1 is 1.69 bits per heavy atom. The van der Waals surface area contributed by atoms with Gasteiger partial charge in [-0.25, -0.2) is 0 Å². The third kappa shape index (κ3) is 5.87. The summed E-state index contributed by atoms with van der Waals surface area (Å²) in [5, 5.41) is 2.79. The highest BCUT2D eigenvalue weighted by atomic mass is 32.2. The molecule has 0 aliphatic rings. The molecule has 1 amide bonds. The summed E-state index contributed by atoms with van der Waals surface area (Å²) in [4.78, 5) is 11.6. The largest absolute Gasteiger partial charge is 0.392 e. The molecule has 0 aliphatic carbocycles. The van der Waals surface area contributed by atoms with Crippen molar-refractivity contribution in [1.82, 2.24) is 5.32 Å². The van der Waals surface area contributed by atoms with Crippen molar-refractivity contribution in [2.75, 3.05) is 12.0 Å². The first-order valence-corrected chi connectivity index (χ1v) is 5.99. The van der Waals surface area contributed by atoms with Crippen LogP contribution in [0.2, 0.25) is 0 Å². The Labute approximate surface area is 88.8 Å². The normalized spacial score (nSPS) is 12.2. The molecule has 0 bridgehead atoms. The molecule has 76 valence electrons. The van der Waals surface area contributed by atoms with Crippen LogP contribution in [0.25, 0.3) is 0 Å². The van der Waals surface area contributed by atoms with Crippen LogP contribution in [-0.4, -0.2) is 28.9 Å². The van der Waals surface area contributed by atoms with Crippen LogP contribution in [0.15, 0.2) is 0 Å². The highest BCUT2D eigenvalue weighted by Gasteiger charge is 2.12. The number of nitrogens with two attached hydrogens (primary N) is 1. The van der Waals surface area contributed by atoms with Crippen LogP contribution in [0.4, 0.5) is 0 Å². The first-order valence-electron chi connectivity index (χ1n) is 4.19. The molecule has 13 heavy (non-hydrogen) atoms. The van der Waals surface area contributed by atoms with Gasteiger partial charge in [-0.15, -0.1) is 0 Å². The zero-order valence-electron chi connectivity index (χ0n) is 8.00. The first-order chi connectivity index (χ1) is 6.11. The van der Waals surface area contributed by atoms with Crippen molar-refractivity contribution in [1.29, 1.82) is 0 Å². The molecule has 0 heterocycles. The van der Waals surface area contributed by atoms with E-state index in [9.17, 15) is 4.79 Å². The topological polar surface area (TPSA) is 55.1 Å². The van der Waals surface area contributed by atoms with Crippen molar-refractivity contribution in [3.63, 3.8) is 0 Å². The van der Waals surface area contributed by atoms with Crippen LogP contribution in [0.3, 0.4) is 0 Å². The van der Waals surface area contributed by atoms with Crippen LogP contribution in [0.1, 0.15) is 19.8 Å². The van der Waals surface area contributed by atoms with Gasteiger partial charge in [-0.3, -0.25) is 4.79 Å². The Bertz CT molecular complexity index is 185. The predicted octanol–water partition coefficient (Wildman–Crippen LogP) is 0.920. The SMILES string of the molecule is CCCC(NC(=O)CSC)C(N)=S. The smallest absolute Gasteiger partial charge is 0.230 e. The zero-order chi connectivity index (χ0) is 10.3. The molecule has 5 heteroatoms. The lowest BCUT2D eigenvalue weighted by atomic mass is 10.1. The number of nitrogens with one attached hydrogen (secondary N) is 1. The van der Waals surface area contributed by atoms with E-state index in [-0.39, 0.29) is 11.9 Å². The average Bonchev–Trinajstić information content (AvgIpc) is 2.04. The van der Waals surface area contributed by atoms with E-state index in [4.69, 9.17) is 18.0 Å². The molecule has 0 aromatic carbocycles. The van der Waals surface area contributed by atoms with E-state index >= 15 is 0 Å². The molecule has 0 saturated heterocycles. The zero-order valence-corrected chi connectivity index (χ0v) is 9.63. The fourth-order valence-corrected chi connectivity index (χ4v) is 1.46. The number of amides is 1. The maximum Gasteiger partial charge on any atom is 0.230 e. The van der Waals surface area contributed by atoms with E-state index in [0.717, 1.165) is 12.8 Å². The van der Waals surface area contributed by atoms with E-state index in [1.54, 1.807) is 0 Å². The molecule has 0 spiro atoms. The van der Waals surface area contributed by atoms with Gasteiger partial charge >= 0.3 is 0 Å². The van der Waals surface area contributed by atoms with Crippen molar-refractivity contribution >= 4 is 34.9 Å². The summed E-state index contributed by atoms with van der Waals surface area (Å²) in [6.07, 6.45) is 3.66. The van der Waals surface area contributed by atoms with Crippen LogP contribution in [0.5, 0.6) is 0 Å². The summed E-state index contributed by atoms with van der Waals surface area (Å²) in [5.41, 5.74) is 5.48. The Kier molecular flexibility index (Phi) is 6.99. The average molecular weight is 220 g/mol. The molecule has 0 radical (unpaired) electrons. The maximum absolute atomic E-state index is 11.2. The standard InChI is InChI=1S/C8H16N2OS2/c1-3-4-6(8(9)12)10-7(11)5-13-2/h6H,3-5H2,1-2H3,(H2,9,12)(H,10,11). The summed E-state index contributed by atoms with van der Waals surface area (Å²) >= 11 is 6.33. The summed E-state index contributed by atoms with van der Waals surface area (Å²) in [6, 6.07) is -0.139. The second-order valence-corrected chi connectivity index (χ2v) is 4.08. The van der Waals surface area contributed by atoms with Crippen molar-refractivity contribution in [3.8, 4) is 0 Å². The summed E-state index contributed by atoms with van der Waals surface area (Å²) in [5.74, 6) is 0.460. The Hall–Kier alpha value is -0.290. The summed E-state index contributed by atoms with van der Waals surface area (Å²) < 4.78 is 0. The molecule has 0 fully saturated rings. The number of thioether (sulfide) groups is 1. The van der Waals surface area contributed by atoms with E-state index in [0.29, 0.717) is 10.7 Å². The Balaban J connectivity index is 3.94. The van der Waals surface area contributed by atoms with E-state index in [1.165, 1.54) is 11.8 Å². The van der Waals surface area contributed by atoms with Crippen LogP contribution < -0.4 is 11.1 Å². The fraction of sp³-hybridized carbons (Fsp3) is 0.750. The van der Waals surface area contributed by atoms with E-state index in [2.05, 4.69) is 5.32 Å². The minimum atomic E-state index is -0.139. The van der Waals surface area contributed by atoms with Crippen molar-refractivity contribution < 1.29 is 4.79 Å². The lowest BCUT2D eigenvalue weighted by Crippen LogP contribution is -2.44. The van der Waals surface area contributed by atoms with Crippen LogP contribution in [0, 0.1) is 0 Å². The molecule has 3 N–H and O–H groups in total. The molecular weight excluding hydrogens is 204 g/mol. The fourth-order valence-electron chi connectivity index (χ4n) is 0.941. The van der Waals surface area contributed by atoms with Crippen molar-refractivity contribution in [2.45, 2.75) is 25.8 Å². The third-order valence-electron chi connectivity index (χ3n) is 1.53. The van der Waals surface area contributed by atoms with Gasteiger partial charge in [0.25, 0.3) is 0 Å². The molecule has 0 aliphatic heterocycles. The van der Waals surface area contributed by atoms with Gasteiger partial charge in [0.2, 0.25) is 5.91 Å². The van der Waals surface area contributed by atoms with Gasteiger partial charge < -0.3 is 11.1 Å². The van der Waals surface area contributed by atoms with Gasteiger partial charge in [-0.05, 0) is 12.7 Å². The third-order valence-corrected chi connectivity index (χ3v) is 2.37. The van der Waals surface area contributed by atoms with Gasteiger partial charge in [0, 0.05) is 0 Å². The van der Waals surface area contributed by atoms with Crippen molar-refractivity contribution in [2.24, 2.45) is 5.73 Å².